The van der Waals surface area contributed by atoms with E-state index in [0.29, 0.717) is 29.7 Å². The fraction of sp³-hybridized carbons (Fsp3) is 0.500. The van der Waals surface area contributed by atoms with Crippen LogP contribution in [0.5, 0.6) is 0 Å². The number of hydrogen-bond donors (Lipinski definition) is 1. The topological polar surface area (TPSA) is 76.4 Å². The van der Waals surface area contributed by atoms with Crippen molar-refractivity contribution >= 4 is 39.7 Å². The first-order chi connectivity index (χ1) is 17.5. The second kappa shape index (κ2) is 12.9. The maximum absolute atomic E-state index is 13.2. The molecule has 38 heavy (non-hydrogen) atoms. The van der Waals surface area contributed by atoms with Crippen LogP contribution in [0, 0.1) is 17.2 Å². The van der Waals surface area contributed by atoms with Crippen molar-refractivity contribution in [1.29, 1.82) is 5.26 Å². The quantitative estimate of drug-likeness (QED) is 0.447. The van der Waals surface area contributed by atoms with E-state index in [-0.39, 0.29) is 28.9 Å². The Kier molecular flexibility index (Phi) is 10.3. The second-order valence-electron chi connectivity index (χ2n) is 9.79. The lowest BCUT2D eigenvalue weighted by Gasteiger charge is -2.37. The molecule has 0 spiro atoms. The molecular weight excluding hydrogens is 560 g/mol. The summed E-state index contributed by atoms with van der Waals surface area (Å²) in [6.45, 7) is 3.60. The van der Waals surface area contributed by atoms with Crippen LogP contribution in [0.4, 0.5) is 18.9 Å². The maximum Gasteiger partial charge on any atom is 0.416 e. The van der Waals surface area contributed by atoms with Gasteiger partial charge in [0.25, 0.3) is 0 Å². The molecule has 1 saturated heterocycles. The Morgan fingerprint density at radius 1 is 1.00 bits per heavy atom. The predicted molar refractivity (Wildman–Crippen MR) is 144 cm³/mol. The number of rotatable bonds is 7. The largest absolute Gasteiger partial charge is 0.416 e. The Morgan fingerprint density at radius 2 is 1.63 bits per heavy atom. The fourth-order valence-electron chi connectivity index (χ4n) is 5.09. The third-order valence-corrected chi connectivity index (χ3v) is 9.05. The number of sulfonamides is 1. The van der Waals surface area contributed by atoms with Crippen molar-refractivity contribution in [2.24, 2.45) is 5.92 Å². The molecule has 0 bridgehead atoms. The summed E-state index contributed by atoms with van der Waals surface area (Å²) in [6.07, 6.45) is 0.0186. The number of benzene rings is 2. The summed E-state index contributed by atoms with van der Waals surface area (Å²) in [5.74, 6) is 0.524. The maximum atomic E-state index is 13.2. The number of hydrogen-bond acceptors (Lipinski definition) is 5. The molecule has 2 aliphatic rings. The summed E-state index contributed by atoms with van der Waals surface area (Å²) >= 11 is 5.85. The molecule has 2 aromatic carbocycles. The van der Waals surface area contributed by atoms with E-state index in [1.54, 1.807) is 12.1 Å². The lowest BCUT2D eigenvalue weighted by Crippen LogP contribution is -2.47. The molecule has 0 atom stereocenters. The lowest BCUT2D eigenvalue weighted by molar-refractivity contribution is -0.137. The van der Waals surface area contributed by atoms with E-state index in [0.717, 1.165) is 63.9 Å². The molecule has 2 aromatic rings. The van der Waals surface area contributed by atoms with Crippen LogP contribution in [0.3, 0.4) is 0 Å². The van der Waals surface area contributed by atoms with E-state index in [1.165, 1.54) is 18.2 Å². The summed E-state index contributed by atoms with van der Waals surface area (Å²) in [5, 5.41) is 9.63. The van der Waals surface area contributed by atoms with Crippen LogP contribution in [0.1, 0.15) is 43.2 Å². The highest BCUT2D eigenvalue weighted by Crippen LogP contribution is 2.33. The van der Waals surface area contributed by atoms with Crippen molar-refractivity contribution in [3.63, 3.8) is 0 Å². The highest BCUT2D eigenvalue weighted by Gasteiger charge is 2.32. The predicted octanol–water partition coefficient (Wildman–Crippen LogP) is 5.70. The fourth-order valence-corrected chi connectivity index (χ4v) is 6.52. The van der Waals surface area contributed by atoms with Crippen molar-refractivity contribution < 1.29 is 21.6 Å². The third kappa shape index (κ3) is 7.99. The van der Waals surface area contributed by atoms with Crippen molar-refractivity contribution in [2.75, 3.05) is 37.6 Å². The minimum atomic E-state index is -4.49. The van der Waals surface area contributed by atoms with Crippen LogP contribution in [0.2, 0.25) is 5.02 Å². The number of halogens is 5. The Morgan fingerprint density at radius 3 is 2.21 bits per heavy atom. The molecule has 1 saturated carbocycles. The van der Waals surface area contributed by atoms with Gasteiger partial charge in [0.2, 0.25) is 10.0 Å². The van der Waals surface area contributed by atoms with Gasteiger partial charge in [0.15, 0.2) is 0 Å². The minimum absolute atomic E-state index is 0. The molecule has 0 radical (unpaired) electrons. The summed E-state index contributed by atoms with van der Waals surface area (Å²) < 4.78 is 67.7. The van der Waals surface area contributed by atoms with Crippen molar-refractivity contribution in [3.8, 4) is 6.07 Å². The zero-order valence-electron chi connectivity index (χ0n) is 20.8. The van der Waals surface area contributed by atoms with Crippen molar-refractivity contribution in [2.45, 2.75) is 49.2 Å². The highest BCUT2D eigenvalue weighted by atomic mass is 35.5. The SMILES string of the molecule is Cl.N#Cc1cc(N2CCN(CC[C@H]3CC[C@H](NS(=O)(=O)c4ccc(Cl)cc4)CC3)CC2)cc(C(F)(F)F)c1. The van der Waals surface area contributed by atoms with Gasteiger partial charge in [-0.05, 0) is 87.0 Å². The first kappa shape index (κ1) is 30.5. The zero-order chi connectivity index (χ0) is 26.6. The number of nitrogens with one attached hydrogen (secondary N) is 1. The Bertz CT molecular complexity index is 1220. The summed E-state index contributed by atoms with van der Waals surface area (Å²) in [6, 6.07) is 11.4. The number of nitrogens with zero attached hydrogens (tertiary/aromatic N) is 3. The van der Waals surface area contributed by atoms with Gasteiger partial charge in [-0.15, -0.1) is 12.4 Å². The van der Waals surface area contributed by atoms with Crippen molar-refractivity contribution in [3.05, 3.63) is 58.6 Å². The number of alkyl halides is 3. The van der Waals surface area contributed by atoms with E-state index in [4.69, 9.17) is 16.9 Å². The molecule has 4 rings (SSSR count). The molecule has 0 amide bonds. The standard InChI is InChI=1S/C26H30ClF3N4O2S.ClH/c27-22-3-7-25(8-4-22)37(35,36)32-23-5-1-19(2-6-23)9-10-33-11-13-34(14-12-33)24-16-20(18-31)15-21(17-24)26(28,29)30;/h3-4,7-8,15-17,19,23,32H,1-2,5-6,9-14H2;1H/t19-,23-;. The van der Waals surface area contributed by atoms with E-state index >= 15 is 0 Å². The molecular formula is C26H31Cl2F3N4O2S. The van der Waals surface area contributed by atoms with Gasteiger partial charge in [0.05, 0.1) is 22.1 Å². The summed E-state index contributed by atoms with van der Waals surface area (Å²) in [4.78, 5) is 4.45. The zero-order valence-corrected chi connectivity index (χ0v) is 23.1. The van der Waals surface area contributed by atoms with E-state index in [2.05, 4.69) is 9.62 Å². The van der Waals surface area contributed by atoms with Gasteiger partial charge in [-0.25, -0.2) is 13.1 Å². The minimum Gasteiger partial charge on any atom is -0.369 e. The Labute approximate surface area is 233 Å². The molecule has 0 unspecified atom stereocenters. The normalized spacial score (nSPS) is 21.0. The monoisotopic (exact) mass is 590 g/mol. The van der Waals surface area contributed by atoms with Gasteiger partial charge in [-0.1, -0.05) is 11.6 Å². The molecule has 1 N–H and O–H groups in total. The molecule has 6 nitrogen and oxygen atoms in total. The average molecular weight is 592 g/mol. The van der Waals surface area contributed by atoms with Crippen LogP contribution in [-0.4, -0.2) is 52.1 Å². The smallest absolute Gasteiger partial charge is 0.369 e. The first-order valence-electron chi connectivity index (χ1n) is 12.4. The van der Waals surface area contributed by atoms with Crippen molar-refractivity contribution in [1.82, 2.24) is 9.62 Å². The molecule has 208 valence electrons. The number of piperazine rings is 1. The van der Waals surface area contributed by atoms with Gasteiger partial charge in [0, 0.05) is 42.9 Å². The second-order valence-corrected chi connectivity index (χ2v) is 11.9. The van der Waals surface area contributed by atoms with Gasteiger partial charge in [-0.3, -0.25) is 4.90 Å². The Balaban J connectivity index is 0.00000400. The summed E-state index contributed by atoms with van der Waals surface area (Å²) in [5.41, 5.74) is -0.348. The van der Waals surface area contributed by atoms with E-state index < -0.39 is 21.8 Å². The van der Waals surface area contributed by atoms with Crippen LogP contribution < -0.4 is 9.62 Å². The van der Waals surface area contributed by atoms with Gasteiger partial charge in [-0.2, -0.15) is 18.4 Å². The number of anilines is 1. The average Bonchev–Trinajstić information content (AvgIpc) is 2.88. The molecule has 12 heteroatoms. The lowest BCUT2D eigenvalue weighted by atomic mass is 9.84. The van der Waals surface area contributed by atoms with E-state index in [9.17, 15) is 21.6 Å². The van der Waals surface area contributed by atoms with Gasteiger partial charge < -0.3 is 4.90 Å². The van der Waals surface area contributed by atoms with Gasteiger partial charge >= 0.3 is 6.18 Å². The molecule has 1 aliphatic heterocycles. The Hall–Kier alpha value is -2.03. The molecule has 0 aromatic heterocycles. The van der Waals surface area contributed by atoms with Crippen LogP contribution in [-0.2, 0) is 16.2 Å². The third-order valence-electron chi connectivity index (χ3n) is 7.26. The van der Waals surface area contributed by atoms with Crippen LogP contribution in [0.15, 0.2) is 47.4 Å². The van der Waals surface area contributed by atoms with Crippen LogP contribution in [0.25, 0.3) is 0 Å². The van der Waals surface area contributed by atoms with Gasteiger partial charge in [0.1, 0.15) is 0 Å². The highest BCUT2D eigenvalue weighted by molar-refractivity contribution is 7.89. The number of nitriles is 1. The van der Waals surface area contributed by atoms with E-state index in [1.807, 2.05) is 11.0 Å². The summed E-state index contributed by atoms with van der Waals surface area (Å²) in [7, 11) is -3.57. The van der Waals surface area contributed by atoms with Crippen LogP contribution >= 0.6 is 24.0 Å². The molecule has 1 aliphatic carbocycles. The first-order valence-corrected chi connectivity index (χ1v) is 14.3. The molecule has 1 heterocycles. The molecule has 2 fully saturated rings.